The molecule has 1 fully saturated rings. The molecule has 0 aromatic heterocycles. The molecule has 1 atom stereocenters. The Labute approximate surface area is 101 Å². The first-order valence-corrected chi connectivity index (χ1v) is 6.02. The molecule has 1 unspecified atom stereocenters. The van der Waals surface area contributed by atoms with Crippen LogP contribution in [0.4, 0.5) is 0 Å². The van der Waals surface area contributed by atoms with Gasteiger partial charge in [0.25, 0.3) is 0 Å². The summed E-state index contributed by atoms with van der Waals surface area (Å²) in [6.07, 6.45) is 0.525. The van der Waals surface area contributed by atoms with Gasteiger partial charge >= 0.3 is 0 Å². The van der Waals surface area contributed by atoms with E-state index in [0.29, 0.717) is 19.6 Å². The van der Waals surface area contributed by atoms with E-state index in [0.717, 1.165) is 0 Å². The third kappa shape index (κ3) is 1.35. The molecular formula is C14H17NO2. The third-order valence-corrected chi connectivity index (χ3v) is 4.25. The summed E-state index contributed by atoms with van der Waals surface area (Å²) in [4.78, 5) is 11.8. The Morgan fingerprint density at radius 1 is 1.29 bits per heavy atom. The molecule has 1 saturated heterocycles. The summed E-state index contributed by atoms with van der Waals surface area (Å²) in [5.41, 5.74) is 2.03. The molecule has 1 aromatic carbocycles. The van der Waals surface area contributed by atoms with Gasteiger partial charge in [-0.05, 0) is 25.0 Å². The Hall–Kier alpha value is -1.35. The molecule has 3 nitrogen and oxygen atoms in total. The lowest BCUT2D eigenvalue weighted by Crippen LogP contribution is -2.54. The number of carbonyl (C=O) groups excluding carboxylic acids is 1. The normalized spacial score (nSPS) is 30.1. The van der Waals surface area contributed by atoms with Crippen LogP contribution in [0.25, 0.3) is 0 Å². The lowest BCUT2D eigenvalue weighted by atomic mass is 9.66. The van der Waals surface area contributed by atoms with Gasteiger partial charge in [0.15, 0.2) is 0 Å². The molecule has 1 aromatic rings. The van der Waals surface area contributed by atoms with Gasteiger partial charge in [-0.3, -0.25) is 4.79 Å². The Balaban J connectivity index is 2.19. The highest BCUT2D eigenvalue weighted by Crippen LogP contribution is 2.46. The maximum Gasteiger partial charge on any atom is 0.221 e. The van der Waals surface area contributed by atoms with Gasteiger partial charge in [-0.25, -0.2) is 0 Å². The van der Waals surface area contributed by atoms with E-state index in [1.165, 1.54) is 11.1 Å². The molecule has 0 aliphatic carbocycles. The second-order valence-electron chi connectivity index (χ2n) is 5.58. The van der Waals surface area contributed by atoms with E-state index < -0.39 is 0 Å². The van der Waals surface area contributed by atoms with Crippen LogP contribution in [0, 0.1) is 0 Å². The van der Waals surface area contributed by atoms with Gasteiger partial charge in [0.2, 0.25) is 5.91 Å². The van der Waals surface area contributed by atoms with Crippen molar-refractivity contribution in [2.75, 3.05) is 6.61 Å². The predicted molar refractivity (Wildman–Crippen MR) is 64.6 cm³/mol. The molecule has 2 aliphatic rings. The van der Waals surface area contributed by atoms with Gasteiger partial charge in [0, 0.05) is 12.0 Å². The van der Waals surface area contributed by atoms with Crippen LogP contribution >= 0.6 is 0 Å². The SMILES string of the molecule is CC1(C)NC(=O)CC12COCc1ccccc12. The second-order valence-corrected chi connectivity index (χ2v) is 5.58. The second kappa shape index (κ2) is 3.33. The molecule has 3 heteroatoms. The van der Waals surface area contributed by atoms with Crippen LogP contribution in [0.2, 0.25) is 0 Å². The van der Waals surface area contributed by atoms with E-state index in [1.54, 1.807) is 0 Å². The van der Waals surface area contributed by atoms with Crippen LogP contribution in [0.5, 0.6) is 0 Å². The van der Waals surface area contributed by atoms with Crippen molar-refractivity contribution in [1.82, 2.24) is 5.32 Å². The zero-order chi connectivity index (χ0) is 12.1. The number of hydrogen-bond donors (Lipinski definition) is 1. The van der Waals surface area contributed by atoms with Crippen LogP contribution in [0.15, 0.2) is 24.3 Å². The molecular weight excluding hydrogens is 214 g/mol. The van der Waals surface area contributed by atoms with Crippen molar-refractivity contribution in [2.45, 2.75) is 37.8 Å². The minimum atomic E-state index is -0.249. The number of ether oxygens (including phenoxy) is 1. The lowest BCUT2D eigenvalue weighted by molar-refractivity contribution is -0.119. The summed E-state index contributed by atoms with van der Waals surface area (Å²) in [6.45, 7) is 5.45. The third-order valence-electron chi connectivity index (χ3n) is 4.25. The molecule has 2 heterocycles. The largest absolute Gasteiger partial charge is 0.376 e. The summed E-state index contributed by atoms with van der Waals surface area (Å²) in [5.74, 6) is 0.121. The van der Waals surface area contributed by atoms with Gasteiger partial charge < -0.3 is 10.1 Å². The van der Waals surface area contributed by atoms with Crippen LogP contribution in [-0.2, 0) is 21.6 Å². The zero-order valence-electron chi connectivity index (χ0n) is 10.2. The van der Waals surface area contributed by atoms with E-state index >= 15 is 0 Å². The van der Waals surface area contributed by atoms with Crippen molar-refractivity contribution in [1.29, 1.82) is 0 Å². The Morgan fingerprint density at radius 2 is 2.06 bits per heavy atom. The highest BCUT2D eigenvalue weighted by Gasteiger charge is 2.55. The number of amides is 1. The fourth-order valence-corrected chi connectivity index (χ4v) is 3.20. The molecule has 2 aliphatic heterocycles. The van der Waals surface area contributed by atoms with Crippen molar-refractivity contribution in [2.24, 2.45) is 0 Å². The van der Waals surface area contributed by atoms with E-state index in [2.05, 4.69) is 31.3 Å². The quantitative estimate of drug-likeness (QED) is 0.738. The maximum atomic E-state index is 11.8. The highest BCUT2D eigenvalue weighted by atomic mass is 16.5. The van der Waals surface area contributed by atoms with Crippen molar-refractivity contribution in [3.05, 3.63) is 35.4 Å². The predicted octanol–water partition coefficient (Wildman–Crippen LogP) is 1.75. The molecule has 1 amide bonds. The molecule has 90 valence electrons. The standard InChI is InChI=1S/C14H17NO2/c1-13(2)14(7-12(16)15-13)9-17-8-10-5-3-4-6-11(10)14/h3-6H,7-9H2,1-2H3,(H,15,16). The molecule has 3 rings (SSSR count). The number of rotatable bonds is 0. The number of fused-ring (bicyclic) bond motifs is 2. The highest BCUT2D eigenvalue weighted by molar-refractivity contribution is 5.83. The average molecular weight is 231 g/mol. The summed E-state index contributed by atoms with van der Waals surface area (Å²) in [6, 6.07) is 8.30. The van der Waals surface area contributed by atoms with Gasteiger partial charge in [-0.15, -0.1) is 0 Å². The van der Waals surface area contributed by atoms with Crippen LogP contribution < -0.4 is 5.32 Å². The minimum absolute atomic E-state index is 0.121. The molecule has 0 radical (unpaired) electrons. The number of hydrogen-bond acceptors (Lipinski definition) is 2. The maximum absolute atomic E-state index is 11.8. The number of nitrogens with one attached hydrogen (secondary N) is 1. The van der Waals surface area contributed by atoms with Crippen molar-refractivity contribution in [3.8, 4) is 0 Å². The average Bonchev–Trinajstić information content (AvgIpc) is 2.50. The minimum Gasteiger partial charge on any atom is -0.376 e. The monoisotopic (exact) mass is 231 g/mol. The zero-order valence-corrected chi connectivity index (χ0v) is 10.2. The number of benzene rings is 1. The van der Waals surface area contributed by atoms with E-state index in [4.69, 9.17) is 4.74 Å². The summed E-state index contributed by atoms with van der Waals surface area (Å²) in [5, 5.41) is 3.08. The molecule has 0 saturated carbocycles. The van der Waals surface area contributed by atoms with Crippen LogP contribution in [-0.4, -0.2) is 18.1 Å². The van der Waals surface area contributed by atoms with Gasteiger partial charge in [-0.2, -0.15) is 0 Å². The van der Waals surface area contributed by atoms with E-state index in [-0.39, 0.29) is 16.9 Å². The summed E-state index contributed by atoms with van der Waals surface area (Å²) >= 11 is 0. The van der Waals surface area contributed by atoms with Gasteiger partial charge in [0.1, 0.15) is 0 Å². The van der Waals surface area contributed by atoms with Gasteiger partial charge in [-0.1, -0.05) is 24.3 Å². The summed E-state index contributed by atoms with van der Waals surface area (Å²) < 4.78 is 5.73. The molecule has 17 heavy (non-hydrogen) atoms. The fraction of sp³-hybridized carbons (Fsp3) is 0.500. The molecule has 1 N–H and O–H groups in total. The van der Waals surface area contributed by atoms with Crippen molar-refractivity contribution in [3.63, 3.8) is 0 Å². The first-order chi connectivity index (χ1) is 8.05. The van der Waals surface area contributed by atoms with E-state index in [9.17, 15) is 4.79 Å². The summed E-state index contributed by atoms with van der Waals surface area (Å²) in [7, 11) is 0. The fourth-order valence-electron chi connectivity index (χ4n) is 3.20. The van der Waals surface area contributed by atoms with Crippen LogP contribution in [0.1, 0.15) is 31.4 Å². The van der Waals surface area contributed by atoms with Crippen LogP contribution in [0.3, 0.4) is 0 Å². The first kappa shape index (κ1) is 10.8. The van der Waals surface area contributed by atoms with Crippen molar-refractivity contribution < 1.29 is 9.53 Å². The van der Waals surface area contributed by atoms with Gasteiger partial charge in [0.05, 0.1) is 18.6 Å². The topological polar surface area (TPSA) is 38.3 Å². The lowest BCUT2D eigenvalue weighted by Gasteiger charge is -2.44. The Bertz CT molecular complexity index is 481. The smallest absolute Gasteiger partial charge is 0.221 e. The number of carbonyl (C=O) groups is 1. The van der Waals surface area contributed by atoms with Crippen molar-refractivity contribution >= 4 is 5.91 Å². The Kier molecular flexibility index (Phi) is 2.11. The first-order valence-electron chi connectivity index (χ1n) is 6.02. The van der Waals surface area contributed by atoms with E-state index in [1.807, 2.05) is 12.1 Å². The molecule has 1 spiro atoms. The Morgan fingerprint density at radius 3 is 2.76 bits per heavy atom. The molecule has 0 bridgehead atoms.